The SMILES string of the molecule is CN(CC1CCC1)S(=O)(=O)c1ccc(CNC2CC2)o1. The molecule has 2 fully saturated rings. The van der Waals surface area contributed by atoms with Crippen molar-refractivity contribution in [1.29, 1.82) is 0 Å². The molecule has 1 aromatic rings. The zero-order valence-electron chi connectivity index (χ0n) is 11.8. The van der Waals surface area contributed by atoms with Crippen LogP contribution in [0, 0.1) is 5.92 Å². The molecule has 6 heteroatoms. The maximum Gasteiger partial charge on any atom is 0.276 e. The third kappa shape index (κ3) is 3.07. The van der Waals surface area contributed by atoms with Gasteiger partial charge in [-0.25, -0.2) is 8.42 Å². The van der Waals surface area contributed by atoms with Crippen molar-refractivity contribution in [2.45, 2.75) is 49.8 Å². The van der Waals surface area contributed by atoms with Gasteiger partial charge in [-0.3, -0.25) is 0 Å². The largest absolute Gasteiger partial charge is 0.447 e. The average Bonchev–Trinajstić information content (AvgIpc) is 3.07. The second-order valence-corrected chi connectivity index (χ2v) is 7.93. The second kappa shape index (κ2) is 5.50. The van der Waals surface area contributed by atoms with Gasteiger partial charge in [0.25, 0.3) is 10.0 Å². The van der Waals surface area contributed by atoms with Gasteiger partial charge in [-0.05, 0) is 43.7 Å². The maximum atomic E-state index is 12.4. The molecule has 3 rings (SSSR count). The Morgan fingerprint density at radius 1 is 1.30 bits per heavy atom. The first-order valence-corrected chi connectivity index (χ1v) is 8.78. The van der Waals surface area contributed by atoms with Crippen molar-refractivity contribution in [2.75, 3.05) is 13.6 Å². The summed E-state index contributed by atoms with van der Waals surface area (Å²) < 4.78 is 31.7. The first-order chi connectivity index (χ1) is 9.55. The topological polar surface area (TPSA) is 62.6 Å². The summed E-state index contributed by atoms with van der Waals surface area (Å²) in [6.07, 6.45) is 5.89. The molecule has 20 heavy (non-hydrogen) atoms. The van der Waals surface area contributed by atoms with Gasteiger partial charge in [0, 0.05) is 19.6 Å². The molecule has 1 heterocycles. The predicted octanol–water partition coefficient (Wildman–Crippen LogP) is 1.95. The lowest BCUT2D eigenvalue weighted by Gasteiger charge is -2.29. The van der Waals surface area contributed by atoms with Crippen molar-refractivity contribution in [1.82, 2.24) is 9.62 Å². The van der Waals surface area contributed by atoms with Crippen LogP contribution in [0.2, 0.25) is 0 Å². The molecule has 2 saturated carbocycles. The van der Waals surface area contributed by atoms with E-state index in [0.29, 0.717) is 30.8 Å². The van der Waals surface area contributed by atoms with Gasteiger partial charge in [0.15, 0.2) is 0 Å². The van der Waals surface area contributed by atoms with Crippen LogP contribution in [-0.2, 0) is 16.6 Å². The third-order valence-corrected chi connectivity index (χ3v) is 5.88. The molecule has 0 aliphatic heterocycles. The molecule has 1 N–H and O–H groups in total. The van der Waals surface area contributed by atoms with E-state index in [2.05, 4.69) is 5.32 Å². The van der Waals surface area contributed by atoms with Gasteiger partial charge < -0.3 is 9.73 Å². The minimum atomic E-state index is -3.47. The normalized spacial score (nSPS) is 20.3. The molecule has 0 saturated heterocycles. The zero-order valence-corrected chi connectivity index (χ0v) is 12.7. The predicted molar refractivity (Wildman–Crippen MR) is 75.7 cm³/mol. The van der Waals surface area contributed by atoms with E-state index in [9.17, 15) is 8.42 Å². The van der Waals surface area contributed by atoms with Crippen LogP contribution in [-0.4, -0.2) is 32.4 Å². The molecule has 0 spiro atoms. The highest BCUT2D eigenvalue weighted by Crippen LogP contribution is 2.29. The average molecular weight is 298 g/mol. The fourth-order valence-corrected chi connectivity index (χ4v) is 3.58. The van der Waals surface area contributed by atoms with Crippen molar-refractivity contribution < 1.29 is 12.8 Å². The van der Waals surface area contributed by atoms with Crippen molar-refractivity contribution in [3.8, 4) is 0 Å². The highest BCUT2D eigenvalue weighted by atomic mass is 32.2. The van der Waals surface area contributed by atoms with Crippen LogP contribution in [0.4, 0.5) is 0 Å². The summed E-state index contributed by atoms with van der Waals surface area (Å²) in [5.74, 6) is 1.20. The Balaban J connectivity index is 1.62. The third-order valence-electron chi connectivity index (χ3n) is 4.18. The van der Waals surface area contributed by atoms with Crippen molar-refractivity contribution in [3.05, 3.63) is 17.9 Å². The van der Waals surface area contributed by atoms with Gasteiger partial charge in [-0.1, -0.05) is 6.42 Å². The molecule has 0 radical (unpaired) electrons. The van der Waals surface area contributed by atoms with E-state index in [-0.39, 0.29) is 5.09 Å². The standard InChI is InChI=1S/C14H22N2O3S/c1-16(10-11-3-2-4-11)20(17,18)14-8-7-13(19-14)9-15-12-5-6-12/h7-8,11-12,15H,2-6,9-10H2,1H3. The highest BCUT2D eigenvalue weighted by Gasteiger charge is 2.29. The minimum absolute atomic E-state index is 0.0620. The van der Waals surface area contributed by atoms with Crippen LogP contribution in [0.25, 0.3) is 0 Å². The van der Waals surface area contributed by atoms with Gasteiger partial charge in [0.05, 0.1) is 6.54 Å². The molecule has 0 unspecified atom stereocenters. The van der Waals surface area contributed by atoms with Crippen LogP contribution < -0.4 is 5.32 Å². The van der Waals surface area contributed by atoms with E-state index in [0.717, 1.165) is 12.8 Å². The number of rotatable bonds is 7. The molecule has 0 amide bonds. The molecule has 2 aliphatic carbocycles. The van der Waals surface area contributed by atoms with Crippen molar-refractivity contribution in [3.63, 3.8) is 0 Å². The van der Waals surface area contributed by atoms with Gasteiger partial charge >= 0.3 is 0 Å². The fraction of sp³-hybridized carbons (Fsp3) is 0.714. The summed E-state index contributed by atoms with van der Waals surface area (Å²) in [6, 6.07) is 3.90. The summed E-state index contributed by atoms with van der Waals surface area (Å²) in [5, 5.41) is 3.38. The van der Waals surface area contributed by atoms with Gasteiger partial charge in [0.1, 0.15) is 5.76 Å². The van der Waals surface area contributed by atoms with Crippen LogP contribution in [0.3, 0.4) is 0 Å². The molecule has 0 atom stereocenters. The van der Waals surface area contributed by atoms with E-state index in [1.807, 2.05) is 0 Å². The number of sulfonamides is 1. The van der Waals surface area contributed by atoms with Crippen molar-refractivity contribution >= 4 is 10.0 Å². The van der Waals surface area contributed by atoms with E-state index >= 15 is 0 Å². The lowest BCUT2D eigenvalue weighted by molar-refractivity contribution is 0.259. The molecule has 5 nitrogen and oxygen atoms in total. The second-order valence-electron chi connectivity index (χ2n) is 5.96. The Labute approximate surface area is 120 Å². The van der Waals surface area contributed by atoms with E-state index in [1.165, 1.54) is 23.6 Å². The molecular formula is C14H22N2O3S. The fourth-order valence-electron chi connectivity index (χ4n) is 2.41. The molecule has 112 valence electrons. The van der Waals surface area contributed by atoms with Crippen LogP contribution >= 0.6 is 0 Å². The Morgan fingerprint density at radius 2 is 2.05 bits per heavy atom. The summed E-state index contributed by atoms with van der Waals surface area (Å²) in [5.41, 5.74) is 0. The summed E-state index contributed by atoms with van der Waals surface area (Å²) >= 11 is 0. The number of furan rings is 1. The Kier molecular flexibility index (Phi) is 3.88. The van der Waals surface area contributed by atoms with Crippen molar-refractivity contribution in [2.24, 2.45) is 5.92 Å². The van der Waals surface area contributed by atoms with Crippen LogP contribution in [0.5, 0.6) is 0 Å². The van der Waals surface area contributed by atoms with Gasteiger partial charge in [0.2, 0.25) is 5.09 Å². The Hall–Kier alpha value is -0.850. The quantitative estimate of drug-likeness (QED) is 0.836. The number of hydrogen-bond acceptors (Lipinski definition) is 4. The van der Waals surface area contributed by atoms with E-state index in [4.69, 9.17) is 4.42 Å². The molecule has 0 aromatic carbocycles. The molecule has 0 bridgehead atoms. The Morgan fingerprint density at radius 3 is 2.65 bits per heavy atom. The summed E-state index contributed by atoms with van der Waals surface area (Å²) in [7, 11) is -1.84. The van der Waals surface area contributed by atoms with Crippen LogP contribution in [0.1, 0.15) is 37.9 Å². The maximum absolute atomic E-state index is 12.4. The van der Waals surface area contributed by atoms with Gasteiger partial charge in [-0.15, -0.1) is 0 Å². The number of nitrogens with zero attached hydrogens (tertiary/aromatic N) is 1. The number of hydrogen-bond donors (Lipinski definition) is 1. The summed E-state index contributed by atoms with van der Waals surface area (Å²) in [4.78, 5) is 0. The van der Waals surface area contributed by atoms with E-state index < -0.39 is 10.0 Å². The first-order valence-electron chi connectivity index (χ1n) is 7.34. The lowest BCUT2D eigenvalue weighted by Crippen LogP contribution is -2.34. The number of nitrogens with one attached hydrogen (secondary N) is 1. The smallest absolute Gasteiger partial charge is 0.276 e. The zero-order chi connectivity index (χ0) is 14.2. The first kappa shape index (κ1) is 14.1. The minimum Gasteiger partial charge on any atom is -0.447 e. The van der Waals surface area contributed by atoms with Gasteiger partial charge in [-0.2, -0.15) is 4.31 Å². The molecule has 1 aromatic heterocycles. The molecular weight excluding hydrogens is 276 g/mol. The van der Waals surface area contributed by atoms with E-state index in [1.54, 1.807) is 19.2 Å². The molecule has 2 aliphatic rings. The summed E-state index contributed by atoms with van der Waals surface area (Å²) in [6.45, 7) is 1.20. The lowest BCUT2D eigenvalue weighted by atomic mass is 9.86. The highest BCUT2D eigenvalue weighted by molar-refractivity contribution is 7.89. The van der Waals surface area contributed by atoms with Crippen LogP contribution in [0.15, 0.2) is 21.6 Å². The monoisotopic (exact) mass is 298 g/mol. The Bertz CT molecular complexity index is 559.